The summed E-state index contributed by atoms with van der Waals surface area (Å²) in [7, 11) is 0. The predicted molar refractivity (Wildman–Crippen MR) is 97.5 cm³/mol. The predicted octanol–water partition coefficient (Wildman–Crippen LogP) is 4.52. The van der Waals surface area contributed by atoms with Crippen LogP contribution in [0.15, 0.2) is 54.4 Å². The van der Waals surface area contributed by atoms with Crippen molar-refractivity contribution in [3.8, 4) is 11.5 Å². The normalized spacial score (nSPS) is 11.4. The van der Waals surface area contributed by atoms with E-state index in [0.717, 1.165) is 6.08 Å². The van der Waals surface area contributed by atoms with Crippen LogP contribution < -0.4 is 0 Å². The number of carbonyl (C=O) groups is 2. The van der Waals surface area contributed by atoms with E-state index >= 15 is 0 Å². The molecule has 0 spiro atoms. The molecular weight excluding hydrogens is 342 g/mol. The Morgan fingerprint density at radius 1 is 1.15 bits per heavy atom. The topological polar surface area (TPSA) is 74.6 Å². The molecule has 0 aliphatic carbocycles. The first-order chi connectivity index (χ1) is 12.2. The molecule has 4 nitrogen and oxygen atoms in total. The van der Waals surface area contributed by atoms with Crippen molar-refractivity contribution in [2.24, 2.45) is 0 Å². The van der Waals surface area contributed by atoms with Gasteiger partial charge >= 0.3 is 0 Å². The lowest BCUT2D eigenvalue weighted by molar-refractivity contribution is -0.122. The molecule has 0 aliphatic heterocycles. The number of phenolic OH excluding ortho intramolecular Hbond substituents is 2. The number of hydrogen-bond donors (Lipinski definition) is 2. The summed E-state index contributed by atoms with van der Waals surface area (Å²) >= 11 is 0. The van der Waals surface area contributed by atoms with E-state index in [0.29, 0.717) is 11.1 Å². The molecule has 0 saturated heterocycles. The molecule has 1 aromatic carbocycles. The van der Waals surface area contributed by atoms with Crippen LogP contribution in [0.2, 0.25) is 0 Å². The number of Topliss-reactive ketones (excluding diaryl/α,β-unsaturated/α-hetero) is 2. The third-order valence-electron chi connectivity index (χ3n) is 3.14. The Morgan fingerprint density at radius 3 is 2.35 bits per heavy atom. The zero-order valence-corrected chi connectivity index (χ0v) is 15.0. The maximum atomic E-state index is 12.2. The fourth-order valence-electron chi connectivity index (χ4n) is 1.66. The van der Waals surface area contributed by atoms with Crippen LogP contribution in [0.5, 0.6) is 11.5 Å². The summed E-state index contributed by atoms with van der Waals surface area (Å²) in [5.41, 5.74) is 0.880. The average Bonchev–Trinajstić information content (AvgIpc) is 2.61. The smallest absolute Gasteiger partial charge is 0.137 e. The fourth-order valence-corrected chi connectivity index (χ4v) is 1.66. The molecule has 0 atom stereocenters. The lowest BCUT2D eigenvalue weighted by Gasteiger charge is -2.04. The summed E-state index contributed by atoms with van der Waals surface area (Å²) in [5, 5.41) is 18.6. The summed E-state index contributed by atoms with van der Waals surface area (Å²) in [4.78, 5) is 22.1. The van der Waals surface area contributed by atoms with Crippen LogP contribution in [0.4, 0.5) is 8.78 Å². The van der Waals surface area contributed by atoms with Crippen molar-refractivity contribution >= 4 is 11.6 Å². The number of rotatable bonds is 8. The summed E-state index contributed by atoms with van der Waals surface area (Å²) in [6.45, 7) is 5.68. The number of allylic oxidation sites excluding steroid dienone is 5. The monoisotopic (exact) mass is 366 g/mol. The van der Waals surface area contributed by atoms with Crippen molar-refractivity contribution in [2.45, 2.75) is 33.1 Å². The number of halogens is 2. The standard InChI is InChI=1S/C12H14O4.C8H10F2/c1-8(13)2-3-10(14)6-9-7-11(15)4-5-12(9)16;1-3-8(10)5-4-7(2)6-9/h4-5,7,15-16H,2-3,6H2,1H3;3-5H,1,6H2,2H3/b;7-4-,8-5+. The molecule has 0 unspecified atom stereocenters. The molecule has 6 heteroatoms. The molecule has 0 fully saturated rings. The number of alkyl halides is 1. The second-order valence-electron chi connectivity index (χ2n) is 5.63. The fraction of sp³-hybridized carbons (Fsp3) is 0.300. The molecule has 1 aromatic rings. The largest absolute Gasteiger partial charge is 0.508 e. The molecule has 0 bridgehead atoms. The van der Waals surface area contributed by atoms with Gasteiger partial charge in [-0.25, -0.2) is 8.78 Å². The van der Waals surface area contributed by atoms with Gasteiger partial charge in [0.2, 0.25) is 0 Å². The Bertz CT molecular complexity index is 691. The van der Waals surface area contributed by atoms with Gasteiger partial charge in [0.1, 0.15) is 35.6 Å². The Balaban J connectivity index is 0.000000541. The van der Waals surface area contributed by atoms with Crippen LogP contribution in [-0.4, -0.2) is 28.5 Å². The first-order valence-electron chi connectivity index (χ1n) is 7.93. The number of hydrogen-bond acceptors (Lipinski definition) is 4. The third-order valence-corrected chi connectivity index (χ3v) is 3.14. The van der Waals surface area contributed by atoms with Crippen molar-refractivity contribution in [2.75, 3.05) is 6.67 Å². The van der Waals surface area contributed by atoms with E-state index < -0.39 is 12.5 Å². The highest BCUT2D eigenvalue weighted by atomic mass is 19.1. The van der Waals surface area contributed by atoms with E-state index in [-0.39, 0.29) is 42.3 Å². The maximum absolute atomic E-state index is 12.2. The van der Waals surface area contributed by atoms with Crippen molar-refractivity contribution < 1.29 is 28.6 Å². The number of benzene rings is 1. The van der Waals surface area contributed by atoms with E-state index in [2.05, 4.69) is 6.58 Å². The average molecular weight is 366 g/mol. The zero-order valence-electron chi connectivity index (χ0n) is 15.0. The summed E-state index contributed by atoms with van der Waals surface area (Å²) in [5.74, 6) is -0.626. The Morgan fingerprint density at radius 2 is 1.81 bits per heavy atom. The molecule has 2 N–H and O–H groups in total. The van der Waals surface area contributed by atoms with Gasteiger partial charge in [0.25, 0.3) is 0 Å². The molecule has 0 amide bonds. The summed E-state index contributed by atoms with van der Waals surface area (Å²) in [6.07, 6.45) is 4.07. The lowest BCUT2D eigenvalue weighted by Crippen LogP contribution is -2.05. The molecule has 0 radical (unpaired) electrons. The highest BCUT2D eigenvalue weighted by Gasteiger charge is 2.09. The van der Waals surface area contributed by atoms with E-state index in [9.17, 15) is 28.6 Å². The maximum Gasteiger partial charge on any atom is 0.137 e. The first-order valence-corrected chi connectivity index (χ1v) is 7.93. The van der Waals surface area contributed by atoms with Crippen LogP contribution in [0.3, 0.4) is 0 Å². The molecule has 0 heterocycles. The minimum atomic E-state index is -0.541. The molecule has 0 saturated carbocycles. The van der Waals surface area contributed by atoms with Gasteiger partial charge in [-0.05, 0) is 49.8 Å². The van der Waals surface area contributed by atoms with E-state index in [4.69, 9.17) is 0 Å². The Kier molecular flexibility index (Phi) is 11.2. The summed E-state index contributed by atoms with van der Waals surface area (Å²) < 4.78 is 23.9. The number of phenols is 2. The first kappa shape index (κ1) is 23.2. The quantitative estimate of drug-likeness (QED) is 0.524. The van der Waals surface area contributed by atoms with Crippen LogP contribution in [0.1, 0.15) is 32.3 Å². The van der Waals surface area contributed by atoms with E-state index in [1.807, 2.05) is 0 Å². The molecule has 0 aromatic heterocycles. The number of ketones is 2. The highest BCUT2D eigenvalue weighted by Crippen LogP contribution is 2.23. The molecule has 142 valence electrons. The van der Waals surface area contributed by atoms with E-state index in [1.54, 1.807) is 6.92 Å². The lowest BCUT2D eigenvalue weighted by atomic mass is 10.0. The van der Waals surface area contributed by atoms with Gasteiger partial charge in [-0.2, -0.15) is 0 Å². The second kappa shape index (κ2) is 12.6. The molecular formula is C20H24F2O4. The van der Waals surface area contributed by atoms with Gasteiger partial charge in [0.05, 0.1) is 0 Å². The highest BCUT2D eigenvalue weighted by molar-refractivity contribution is 5.86. The second-order valence-corrected chi connectivity index (χ2v) is 5.63. The minimum absolute atomic E-state index is 0.00664. The Labute approximate surface area is 152 Å². The molecule has 1 rings (SSSR count). The minimum Gasteiger partial charge on any atom is -0.508 e. The van der Waals surface area contributed by atoms with Crippen molar-refractivity contribution in [3.63, 3.8) is 0 Å². The molecule has 0 aliphatic rings. The van der Waals surface area contributed by atoms with Crippen LogP contribution in [-0.2, 0) is 16.0 Å². The van der Waals surface area contributed by atoms with Crippen molar-refractivity contribution in [3.05, 3.63) is 60.0 Å². The number of aromatic hydroxyl groups is 2. The van der Waals surface area contributed by atoms with Crippen molar-refractivity contribution in [1.82, 2.24) is 0 Å². The van der Waals surface area contributed by atoms with Gasteiger partial charge in [-0.15, -0.1) is 0 Å². The van der Waals surface area contributed by atoms with E-state index in [1.165, 1.54) is 37.3 Å². The van der Waals surface area contributed by atoms with Crippen molar-refractivity contribution in [1.29, 1.82) is 0 Å². The van der Waals surface area contributed by atoms with Gasteiger partial charge in [0.15, 0.2) is 0 Å². The van der Waals surface area contributed by atoms with Gasteiger partial charge < -0.3 is 15.0 Å². The zero-order chi connectivity index (χ0) is 20.1. The third kappa shape index (κ3) is 10.9. The Hall–Kier alpha value is -2.76. The number of carbonyl (C=O) groups excluding carboxylic acids is 2. The van der Waals surface area contributed by atoms with Crippen LogP contribution in [0.25, 0.3) is 0 Å². The van der Waals surface area contributed by atoms with Gasteiger partial charge in [-0.1, -0.05) is 12.7 Å². The SMILES string of the molecule is C=C/C(F)=C\C=C(\C)CF.CC(=O)CCC(=O)Cc1cc(O)ccc1O. The van der Waals surface area contributed by atoms with Crippen LogP contribution in [0, 0.1) is 0 Å². The summed E-state index contributed by atoms with van der Waals surface area (Å²) in [6, 6.07) is 4.03. The molecule has 26 heavy (non-hydrogen) atoms. The van der Waals surface area contributed by atoms with Gasteiger partial charge in [-0.3, -0.25) is 4.79 Å². The van der Waals surface area contributed by atoms with Crippen LogP contribution >= 0.6 is 0 Å². The van der Waals surface area contributed by atoms with Gasteiger partial charge in [0, 0.05) is 24.8 Å².